The van der Waals surface area contributed by atoms with E-state index in [1.807, 2.05) is 23.1 Å². The van der Waals surface area contributed by atoms with Crippen LogP contribution in [0.25, 0.3) is 0 Å². The zero-order valence-electron chi connectivity index (χ0n) is 18.2. The van der Waals surface area contributed by atoms with Crippen molar-refractivity contribution >= 4 is 27.7 Å². The Morgan fingerprint density at radius 2 is 1.90 bits per heavy atom. The fraction of sp³-hybridized carbons (Fsp3) is 0.462. The van der Waals surface area contributed by atoms with E-state index >= 15 is 0 Å². The fourth-order valence-electron chi connectivity index (χ4n) is 4.49. The molecule has 4 rings (SSSR count). The molecule has 2 aromatic rings. The van der Waals surface area contributed by atoms with Crippen LogP contribution in [0.1, 0.15) is 72.0 Å². The van der Waals surface area contributed by atoms with Gasteiger partial charge in [0.2, 0.25) is 5.91 Å². The molecular weight excluding hydrogens is 452 g/mol. The number of carbonyl (C=O) groups is 2. The first kappa shape index (κ1) is 22.1. The monoisotopic (exact) mass is 482 g/mol. The quantitative estimate of drug-likeness (QED) is 0.483. The van der Waals surface area contributed by atoms with Crippen molar-refractivity contribution in [3.8, 4) is 0 Å². The molecule has 1 unspecified atom stereocenters. The third kappa shape index (κ3) is 5.38. The lowest BCUT2D eigenvalue weighted by atomic mass is 9.87. The number of amides is 2. The lowest BCUT2D eigenvalue weighted by Crippen LogP contribution is -2.40. The van der Waals surface area contributed by atoms with Gasteiger partial charge in [-0.25, -0.2) is 0 Å². The average molecular weight is 483 g/mol. The first-order chi connectivity index (χ1) is 15.1. The highest BCUT2D eigenvalue weighted by molar-refractivity contribution is 9.10. The Bertz CT molecular complexity index is 954. The fourth-order valence-corrected chi connectivity index (χ4v) is 4.87. The van der Waals surface area contributed by atoms with Crippen molar-refractivity contribution < 1.29 is 9.59 Å². The summed E-state index contributed by atoms with van der Waals surface area (Å²) >= 11 is 3.54. The highest BCUT2D eigenvalue weighted by Gasteiger charge is 2.30. The van der Waals surface area contributed by atoms with E-state index in [1.54, 1.807) is 0 Å². The van der Waals surface area contributed by atoms with E-state index in [4.69, 9.17) is 0 Å². The standard InChI is InChI=1S/C26H31BrN2O2/c1-2-18-17-29(26(31)23-13-12-22(27)15-24(18)23)14-6-5-8-19-7-3-4-9-21(19)16-28-25(30)20-10-11-20/h3-4,7,9,12-13,15,18,20H,2,5-6,8,10-11,14,16-17H2,1H3,(H,28,30). The Kier molecular flexibility index (Phi) is 7.11. The Morgan fingerprint density at radius 1 is 1.13 bits per heavy atom. The van der Waals surface area contributed by atoms with Gasteiger partial charge in [0.05, 0.1) is 0 Å². The maximum atomic E-state index is 13.0. The molecule has 1 aliphatic heterocycles. The van der Waals surface area contributed by atoms with Gasteiger partial charge in [-0.3, -0.25) is 9.59 Å². The molecule has 0 aromatic heterocycles. The zero-order valence-corrected chi connectivity index (χ0v) is 19.8. The molecule has 31 heavy (non-hydrogen) atoms. The molecular formula is C26H31BrN2O2. The first-order valence-corrected chi connectivity index (χ1v) is 12.3. The van der Waals surface area contributed by atoms with E-state index in [1.165, 1.54) is 16.7 Å². The van der Waals surface area contributed by atoms with E-state index < -0.39 is 0 Å². The Hall–Kier alpha value is -2.14. The molecule has 1 saturated carbocycles. The van der Waals surface area contributed by atoms with Gasteiger partial charge in [-0.2, -0.15) is 0 Å². The first-order valence-electron chi connectivity index (χ1n) is 11.5. The molecule has 2 aromatic carbocycles. The SMILES string of the molecule is CCC1CN(CCCCc2ccccc2CNC(=O)C2CC2)C(=O)c2ccc(Br)cc21. The van der Waals surface area contributed by atoms with E-state index in [0.29, 0.717) is 12.5 Å². The second-order valence-electron chi connectivity index (χ2n) is 8.81. The van der Waals surface area contributed by atoms with Crippen LogP contribution in [0.4, 0.5) is 0 Å². The lowest BCUT2D eigenvalue weighted by molar-refractivity contribution is -0.122. The molecule has 4 nitrogen and oxygen atoms in total. The van der Waals surface area contributed by atoms with Gasteiger partial charge >= 0.3 is 0 Å². The molecule has 2 amide bonds. The molecule has 5 heteroatoms. The van der Waals surface area contributed by atoms with Crippen molar-refractivity contribution in [1.29, 1.82) is 0 Å². The van der Waals surface area contributed by atoms with Gasteiger partial charge in [0, 0.05) is 41.5 Å². The van der Waals surface area contributed by atoms with Crippen LogP contribution in [0.5, 0.6) is 0 Å². The van der Waals surface area contributed by atoms with Gasteiger partial charge < -0.3 is 10.2 Å². The lowest BCUT2D eigenvalue weighted by Gasteiger charge is -2.34. The van der Waals surface area contributed by atoms with Crippen molar-refractivity contribution in [2.75, 3.05) is 13.1 Å². The van der Waals surface area contributed by atoms with Crippen molar-refractivity contribution in [3.63, 3.8) is 0 Å². The second-order valence-corrected chi connectivity index (χ2v) is 9.72. The summed E-state index contributed by atoms with van der Waals surface area (Å²) in [5.74, 6) is 1.00. The predicted octanol–water partition coefficient (Wildman–Crippen LogP) is 5.45. The van der Waals surface area contributed by atoms with Crippen molar-refractivity contribution in [3.05, 3.63) is 69.2 Å². The zero-order chi connectivity index (χ0) is 21.8. The van der Waals surface area contributed by atoms with Crippen LogP contribution in [-0.2, 0) is 17.8 Å². The average Bonchev–Trinajstić information content (AvgIpc) is 3.62. The molecule has 1 heterocycles. The minimum Gasteiger partial charge on any atom is -0.352 e. The number of aryl methyl sites for hydroxylation is 1. The van der Waals surface area contributed by atoms with E-state index in [0.717, 1.165) is 61.7 Å². The summed E-state index contributed by atoms with van der Waals surface area (Å²) in [7, 11) is 0. The molecule has 1 fully saturated rings. The summed E-state index contributed by atoms with van der Waals surface area (Å²) < 4.78 is 1.04. The summed E-state index contributed by atoms with van der Waals surface area (Å²) in [6, 6.07) is 14.4. The van der Waals surface area contributed by atoms with Crippen LogP contribution in [0.3, 0.4) is 0 Å². The smallest absolute Gasteiger partial charge is 0.254 e. The van der Waals surface area contributed by atoms with Gasteiger partial charge in [0.25, 0.3) is 5.91 Å². The number of nitrogens with zero attached hydrogens (tertiary/aromatic N) is 1. The predicted molar refractivity (Wildman–Crippen MR) is 127 cm³/mol. The molecule has 1 aliphatic carbocycles. The third-order valence-corrected chi connectivity index (χ3v) is 7.04. The van der Waals surface area contributed by atoms with Crippen LogP contribution < -0.4 is 5.32 Å². The van der Waals surface area contributed by atoms with E-state index in [9.17, 15) is 9.59 Å². The van der Waals surface area contributed by atoms with Crippen molar-refractivity contribution in [1.82, 2.24) is 10.2 Å². The van der Waals surface area contributed by atoms with Gasteiger partial charge in [0.1, 0.15) is 0 Å². The third-order valence-electron chi connectivity index (χ3n) is 6.55. The number of benzene rings is 2. The maximum Gasteiger partial charge on any atom is 0.254 e. The molecule has 0 spiro atoms. The number of rotatable bonds is 9. The Balaban J connectivity index is 1.30. The summed E-state index contributed by atoms with van der Waals surface area (Å²) in [5, 5.41) is 3.08. The summed E-state index contributed by atoms with van der Waals surface area (Å²) in [6.45, 7) is 4.41. The number of unbranched alkanes of at least 4 members (excludes halogenated alkanes) is 1. The normalized spacial score (nSPS) is 18.1. The Labute approximate surface area is 193 Å². The van der Waals surface area contributed by atoms with Gasteiger partial charge in [-0.15, -0.1) is 0 Å². The molecule has 164 valence electrons. The highest BCUT2D eigenvalue weighted by atomic mass is 79.9. The van der Waals surface area contributed by atoms with Crippen molar-refractivity contribution in [2.45, 2.75) is 57.9 Å². The van der Waals surface area contributed by atoms with Crippen LogP contribution in [0.2, 0.25) is 0 Å². The number of hydrogen-bond donors (Lipinski definition) is 1. The number of nitrogens with one attached hydrogen (secondary N) is 1. The highest BCUT2D eigenvalue weighted by Crippen LogP contribution is 2.33. The molecule has 2 aliphatic rings. The molecule has 0 bridgehead atoms. The molecule has 0 radical (unpaired) electrons. The maximum absolute atomic E-state index is 13.0. The second kappa shape index (κ2) is 9.99. The largest absolute Gasteiger partial charge is 0.352 e. The minimum atomic E-state index is 0.162. The van der Waals surface area contributed by atoms with E-state index in [2.05, 4.69) is 52.4 Å². The number of fused-ring (bicyclic) bond motifs is 1. The number of hydrogen-bond acceptors (Lipinski definition) is 2. The summed E-state index contributed by atoms with van der Waals surface area (Å²) in [4.78, 5) is 27.0. The van der Waals surface area contributed by atoms with Gasteiger partial charge in [0.15, 0.2) is 0 Å². The van der Waals surface area contributed by atoms with Crippen LogP contribution >= 0.6 is 15.9 Å². The topological polar surface area (TPSA) is 49.4 Å². The molecule has 1 atom stereocenters. The van der Waals surface area contributed by atoms with Crippen LogP contribution in [0.15, 0.2) is 46.9 Å². The minimum absolute atomic E-state index is 0.162. The molecule has 0 saturated heterocycles. The summed E-state index contributed by atoms with van der Waals surface area (Å²) in [5.41, 5.74) is 4.54. The number of carbonyl (C=O) groups excluding carboxylic acids is 2. The summed E-state index contributed by atoms with van der Waals surface area (Å²) in [6.07, 6.45) is 6.08. The van der Waals surface area contributed by atoms with Gasteiger partial charge in [-0.05, 0) is 73.4 Å². The van der Waals surface area contributed by atoms with Crippen LogP contribution in [-0.4, -0.2) is 29.8 Å². The van der Waals surface area contributed by atoms with Gasteiger partial charge in [-0.1, -0.05) is 47.1 Å². The van der Waals surface area contributed by atoms with Crippen LogP contribution in [0, 0.1) is 5.92 Å². The van der Waals surface area contributed by atoms with Crippen molar-refractivity contribution in [2.24, 2.45) is 5.92 Å². The number of halogens is 1. The molecule has 1 N–H and O–H groups in total. The van der Waals surface area contributed by atoms with E-state index in [-0.39, 0.29) is 17.7 Å². The Morgan fingerprint density at radius 3 is 2.65 bits per heavy atom.